The number of nitrogens with one attached hydrogen (secondary N) is 2. The van der Waals surface area contributed by atoms with Gasteiger partial charge < -0.3 is 20.1 Å². The molecular formula is C25H39IN6O. The van der Waals surface area contributed by atoms with Crippen LogP contribution in [0.1, 0.15) is 37.8 Å². The zero-order valence-corrected chi connectivity index (χ0v) is 22.6. The topological polar surface area (TPSA) is 67.0 Å². The molecular weight excluding hydrogens is 527 g/mol. The van der Waals surface area contributed by atoms with Gasteiger partial charge in [0.2, 0.25) is 5.91 Å². The number of benzene rings is 1. The number of aryl methyl sites for hydroxylation is 1. The highest BCUT2D eigenvalue weighted by atomic mass is 127. The van der Waals surface area contributed by atoms with E-state index >= 15 is 0 Å². The molecule has 2 aromatic rings. The second-order valence-electron chi connectivity index (χ2n) is 8.96. The fourth-order valence-corrected chi connectivity index (χ4v) is 5.10. The summed E-state index contributed by atoms with van der Waals surface area (Å²) in [6.45, 7) is 10.5. The van der Waals surface area contributed by atoms with E-state index in [1.54, 1.807) is 0 Å². The molecule has 4 rings (SSSR count). The van der Waals surface area contributed by atoms with Gasteiger partial charge in [0.15, 0.2) is 5.96 Å². The van der Waals surface area contributed by atoms with Crippen LogP contribution in [0.4, 0.5) is 0 Å². The number of halogens is 1. The van der Waals surface area contributed by atoms with Crippen molar-refractivity contribution in [3.8, 4) is 0 Å². The Bertz CT molecular complexity index is 944. The molecule has 2 aliphatic rings. The first-order valence-electron chi connectivity index (χ1n) is 12.2. The summed E-state index contributed by atoms with van der Waals surface area (Å²) in [6.07, 6.45) is 6.43. The van der Waals surface area contributed by atoms with Crippen LogP contribution in [-0.2, 0) is 17.6 Å². The number of carbonyl (C=O) groups is 1. The monoisotopic (exact) mass is 566 g/mol. The number of hydrogen-bond donors (Lipinski definition) is 2. The summed E-state index contributed by atoms with van der Waals surface area (Å²) < 4.78 is 0. The SMILES string of the molecule is CCc1cccc2c(CCNC(=NC)N3CCN(C(C)C(=O)N4CCCC4)CC3)c[nH]c12.I. The van der Waals surface area contributed by atoms with E-state index in [-0.39, 0.29) is 30.0 Å². The first-order valence-corrected chi connectivity index (χ1v) is 12.2. The Hall–Kier alpha value is -1.81. The summed E-state index contributed by atoms with van der Waals surface area (Å²) >= 11 is 0. The van der Waals surface area contributed by atoms with Crippen molar-refractivity contribution in [3.05, 3.63) is 35.5 Å². The van der Waals surface area contributed by atoms with Gasteiger partial charge in [-0.1, -0.05) is 25.1 Å². The van der Waals surface area contributed by atoms with E-state index in [1.807, 2.05) is 11.9 Å². The largest absolute Gasteiger partial charge is 0.361 e. The first kappa shape index (κ1) is 25.8. The normalized spacial score (nSPS) is 18.5. The number of carbonyl (C=O) groups excluding carboxylic acids is 1. The fraction of sp³-hybridized carbons (Fsp3) is 0.600. The van der Waals surface area contributed by atoms with Gasteiger partial charge in [0, 0.05) is 70.0 Å². The van der Waals surface area contributed by atoms with Crippen molar-refractivity contribution in [1.82, 2.24) is 25.0 Å². The van der Waals surface area contributed by atoms with Crippen molar-refractivity contribution in [2.75, 3.05) is 52.9 Å². The van der Waals surface area contributed by atoms with Gasteiger partial charge in [0.25, 0.3) is 0 Å². The highest BCUT2D eigenvalue weighted by Crippen LogP contribution is 2.22. The van der Waals surface area contributed by atoms with E-state index in [9.17, 15) is 4.79 Å². The standard InChI is InChI=1S/C25H38N6O.HI/c1-4-20-8-7-9-22-21(18-28-23(20)22)10-11-27-25(26-3)31-16-14-29(15-17-31)19(2)24(32)30-12-5-6-13-30;/h7-9,18-19,28H,4-6,10-17H2,1-3H3,(H,26,27);1H. The number of rotatable bonds is 6. The molecule has 0 radical (unpaired) electrons. The molecule has 2 saturated heterocycles. The van der Waals surface area contributed by atoms with Gasteiger partial charge in [-0.3, -0.25) is 14.7 Å². The maximum atomic E-state index is 12.7. The quantitative estimate of drug-likeness (QED) is 0.321. The molecule has 1 amide bonds. The molecule has 2 N–H and O–H groups in total. The van der Waals surface area contributed by atoms with E-state index < -0.39 is 0 Å². The summed E-state index contributed by atoms with van der Waals surface area (Å²) in [4.78, 5) is 27.4. The number of aromatic nitrogens is 1. The molecule has 2 fully saturated rings. The molecule has 0 aliphatic carbocycles. The molecule has 0 saturated carbocycles. The second-order valence-corrected chi connectivity index (χ2v) is 8.96. The fourth-order valence-electron chi connectivity index (χ4n) is 5.10. The number of nitrogens with zero attached hydrogens (tertiary/aromatic N) is 4. The number of amides is 1. The predicted octanol–water partition coefficient (Wildman–Crippen LogP) is 3.09. The van der Waals surface area contributed by atoms with Gasteiger partial charge in [-0.2, -0.15) is 0 Å². The molecule has 2 aliphatic heterocycles. The number of guanidine groups is 1. The molecule has 1 aromatic heterocycles. The number of hydrogen-bond acceptors (Lipinski definition) is 3. The van der Waals surface area contributed by atoms with Crippen LogP contribution >= 0.6 is 24.0 Å². The third kappa shape index (κ3) is 5.82. The lowest BCUT2D eigenvalue weighted by Gasteiger charge is -2.39. The Morgan fingerprint density at radius 2 is 1.82 bits per heavy atom. The van der Waals surface area contributed by atoms with Crippen LogP contribution in [0.15, 0.2) is 29.4 Å². The average molecular weight is 567 g/mol. The van der Waals surface area contributed by atoms with Crippen molar-refractivity contribution in [1.29, 1.82) is 0 Å². The number of H-pyrrole nitrogens is 1. The number of likely N-dealkylation sites (tertiary alicyclic amines) is 1. The molecule has 1 aromatic carbocycles. The van der Waals surface area contributed by atoms with E-state index in [0.717, 1.165) is 77.5 Å². The molecule has 7 nitrogen and oxygen atoms in total. The molecule has 1 atom stereocenters. The predicted molar refractivity (Wildman–Crippen MR) is 147 cm³/mol. The van der Waals surface area contributed by atoms with Gasteiger partial charge in [0.05, 0.1) is 6.04 Å². The van der Waals surface area contributed by atoms with E-state index in [2.05, 4.69) is 63.3 Å². The number of piperazine rings is 1. The molecule has 1 unspecified atom stereocenters. The lowest BCUT2D eigenvalue weighted by atomic mass is 10.1. The molecule has 182 valence electrons. The van der Waals surface area contributed by atoms with Crippen LogP contribution in [0.5, 0.6) is 0 Å². The van der Waals surface area contributed by atoms with Gasteiger partial charge in [-0.05, 0) is 43.7 Å². The number of aromatic amines is 1. The van der Waals surface area contributed by atoms with Crippen molar-refractivity contribution in [2.45, 2.75) is 45.6 Å². The third-order valence-electron chi connectivity index (χ3n) is 7.09. The Balaban J connectivity index is 0.00000306. The maximum Gasteiger partial charge on any atom is 0.239 e. The Labute approximate surface area is 215 Å². The van der Waals surface area contributed by atoms with E-state index in [1.165, 1.54) is 22.0 Å². The minimum Gasteiger partial charge on any atom is -0.361 e. The summed E-state index contributed by atoms with van der Waals surface area (Å²) in [5, 5.41) is 4.88. The lowest BCUT2D eigenvalue weighted by molar-refractivity contribution is -0.135. The van der Waals surface area contributed by atoms with Crippen molar-refractivity contribution < 1.29 is 4.79 Å². The van der Waals surface area contributed by atoms with Crippen molar-refractivity contribution in [2.24, 2.45) is 4.99 Å². The van der Waals surface area contributed by atoms with Crippen LogP contribution in [0.3, 0.4) is 0 Å². The summed E-state index contributed by atoms with van der Waals surface area (Å²) in [7, 11) is 1.85. The van der Waals surface area contributed by atoms with Gasteiger partial charge in [0.1, 0.15) is 0 Å². The van der Waals surface area contributed by atoms with Gasteiger partial charge >= 0.3 is 0 Å². The Morgan fingerprint density at radius 1 is 1.09 bits per heavy atom. The Morgan fingerprint density at radius 3 is 2.48 bits per heavy atom. The lowest BCUT2D eigenvalue weighted by Crippen LogP contribution is -2.57. The summed E-state index contributed by atoms with van der Waals surface area (Å²) in [6, 6.07) is 6.53. The van der Waals surface area contributed by atoms with Crippen LogP contribution < -0.4 is 5.32 Å². The first-order chi connectivity index (χ1) is 15.6. The van der Waals surface area contributed by atoms with Crippen LogP contribution in [0.2, 0.25) is 0 Å². The Kier molecular flexibility index (Phi) is 9.43. The zero-order chi connectivity index (χ0) is 22.5. The molecule has 3 heterocycles. The van der Waals surface area contributed by atoms with Crippen LogP contribution in [0.25, 0.3) is 10.9 Å². The molecule has 33 heavy (non-hydrogen) atoms. The minimum atomic E-state index is -0.0277. The number of para-hydroxylation sites is 1. The van der Waals surface area contributed by atoms with E-state index in [0.29, 0.717) is 5.91 Å². The van der Waals surface area contributed by atoms with Crippen molar-refractivity contribution in [3.63, 3.8) is 0 Å². The van der Waals surface area contributed by atoms with Crippen LogP contribution in [0, 0.1) is 0 Å². The van der Waals surface area contributed by atoms with Crippen LogP contribution in [-0.4, -0.2) is 90.5 Å². The van der Waals surface area contributed by atoms with E-state index in [4.69, 9.17) is 0 Å². The highest BCUT2D eigenvalue weighted by Gasteiger charge is 2.30. The van der Waals surface area contributed by atoms with Gasteiger partial charge in [-0.15, -0.1) is 24.0 Å². The summed E-state index contributed by atoms with van der Waals surface area (Å²) in [5.74, 6) is 1.25. The zero-order valence-electron chi connectivity index (χ0n) is 20.3. The van der Waals surface area contributed by atoms with Gasteiger partial charge in [-0.25, -0.2) is 0 Å². The summed E-state index contributed by atoms with van der Waals surface area (Å²) in [5.41, 5.74) is 3.98. The maximum absolute atomic E-state index is 12.7. The minimum absolute atomic E-state index is 0. The number of fused-ring (bicyclic) bond motifs is 1. The smallest absolute Gasteiger partial charge is 0.239 e. The third-order valence-corrected chi connectivity index (χ3v) is 7.09. The second kappa shape index (κ2) is 12.1. The highest BCUT2D eigenvalue weighted by molar-refractivity contribution is 14.0. The van der Waals surface area contributed by atoms with Crippen molar-refractivity contribution >= 4 is 46.7 Å². The average Bonchev–Trinajstić information content (AvgIpc) is 3.51. The molecule has 0 spiro atoms. The molecule has 0 bridgehead atoms. The molecule has 8 heteroatoms. The number of aliphatic imine (C=N–C) groups is 1.